The number of fused-ring (bicyclic) bond motifs is 3. The molecule has 0 amide bonds. The number of hydrogen-bond acceptors (Lipinski definition) is 3. The number of pyridine rings is 2. The van der Waals surface area contributed by atoms with Gasteiger partial charge >= 0.3 is 0 Å². The Morgan fingerprint density at radius 2 is 1.60 bits per heavy atom. The second-order valence-electron chi connectivity index (χ2n) is 14.9. The molecular weight excluding hydrogens is 798 g/mol. The second kappa shape index (κ2) is 13.6. The minimum absolute atomic E-state index is 0. The van der Waals surface area contributed by atoms with E-state index in [1.54, 1.807) is 24.7 Å². The number of imidazole rings is 1. The monoisotopic (exact) mass is 842 g/mol. The third-order valence-electron chi connectivity index (χ3n) is 8.61. The Morgan fingerprint density at radius 1 is 0.860 bits per heavy atom. The van der Waals surface area contributed by atoms with E-state index in [4.69, 9.17) is 7.48 Å². The normalized spacial score (nSPS) is 13.0. The van der Waals surface area contributed by atoms with Crippen molar-refractivity contribution in [1.29, 1.82) is 0 Å². The Kier molecular flexibility index (Phi) is 8.91. The number of rotatable bonds is 7. The molecule has 7 heteroatoms. The van der Waals surface area contributed by atoms with Crippen molar-refractivity contribution in [2.75, 3.05) is 0 Å². The number of benzene rings is 3. The summed E-state index contributed by atoms with van der Waals surface area (Å²) in [7, 11) is 0. The molecule has 0 spiro atoms. The van der Waals surface area contributed by atoms with Gasteiger partial charge in [0.2, 0.25) is 0 Å². The van der Waals surface area contributed by atoms with Crippen molar-refractivity contribution in [1.82, 2.24) is 19.1 Å². The summed E-state index contributed by atoms with van der Waals surface area (Å²) in [5.74, 6) is 1.35. The first kappa shape index (κ1) is 32.7. The molecule has 7 rings (SSSR count). The van der Waals surface area contributed by atoms with Gasteiger partial charge in [0, 0.05) is 59.4 Å². The van der Waals surface area contributed by atoms with Gasteiger partial charge in [-0.25, -0.2) is 4.98 Å². The maximum Gasteiger partial charge on any atom is 0.267 e. The predicted octanol–water partition coefficient (Wildman–Crippen LogP) is 9.62. The minimum Gasteiger partial charge on any atom is -0.508 e. The van der Waals surface area contributed by atoms with Gasteiger partial charge in [0.15, 0.2) is 0 Å². The summed E-state index contributed by atoms with van der Waals surface area (Å²) in [6.07, 6.45) is 10.9. The van der Waals surface area contributed by atoms with Crippen LogP contribution in [0, 0.1) is 24.4 Å². The average molecular weight is 843 g/mol. The van der Waals surface area contributed by atoms with E-state index in [0.717, 1.165) is 27.5 Å². The van der Waals surface area contributed by atoms with Crippen LogP contribution in [-0.4, -0.2) is 19.1 Å². The number of para-hydroxylation sites is 1. The van der Waals surface area contributed by atoms with Crippen LogP contribution in [0.5, 0.6) is 11.5 Å². The molecule has 4 aromatic heterocycles. The van der Waals surface area contributed by atoms with E-state index >= 15 is 0 Å². The Labute approximate surface area is 312 Å². The first-order chi connectivity index (χ1) is 24.1. The Morgan fingerprint density at radius 3 is 2.32 bits per heavy atom. The molecule has 0 aliphatic rings. The van der Waals surface area contributed by atoms with Crippen LogP contribution in [0.2, 0.25) is 0 Å². The zero-order valence-corrected chi connectivity index (χ0v) is 32.0. The molecule has 0 aliphatic heterocycles. The van der Waals surface area contributed by atoms with Gasteiger partial charge in [-0.2, -0.15) is 6.07 Å². The van der Waals surface area contributed by atoms with Crippen LogP contribution in [0.15, 0.2) is 97.7 Å². The molecule has 0 radical (unpaired) electrons. The van der Waals surface area contributed by atoms with Crippen molar-refractivity contribution in [3.8, 4) is 28.7 Å². The van der Waals surface area contributed by atoms with Gasteiger partial charge in [0.1, 0.15) is 5.82 Å². The fourth-order valence-corrected chi connectivity index (χ4v) is 6.00. The summed E-state index contributed by atoms with van der Waals surface area (Å²) in [4.78, 5) is 9.15. The van der Waals surface area contributed by atoms with E-state index in [0.29, 0.717) is 28.6 Å². The molecule has 3 aromatic carbocycles. The molecule has 0 saturated heterocycles. The standard InChI is InChI=1S/C43H43N5O.Pt/c1-29(2)19-30-15-16-45-41(20-30)48-39-12-10-9-11-37(39)38-14-13-35(25-40(38)48)49-36-24-34(26-44-27-36)47-18-17-46(28-47)33-22-31(42(3,4)5)21-32(23-33)43(6,7)8;/h9-18,20-23,26-27,29H,19H2,1-8H3;/q-2;/i19D2;. The van der Waals surface area contributed by atoms with Crippen LogP contribution in [0.3, 0.4) is 0 Å². The van der Waals surface area contributed by atoms with E-state index in [-0.39, 0.29) is 37.8 Å². The van der Waals surface area contributed by atoms with Crippen molar-refractivity contribution in [3.05, 3.63) is 133 Å². The molecule has 0 saturated carbocycles. The Hall–Kier alpha value is -4.54. The SMILES string of the molecule is [2H]C([2H])(c1ccnc(-n2c3[c-]c(Oc4[c-]c(-n5[c-][n+](-c6cc(C(C)(C)C)cc(C(C)(C)C)c6)cc5)cnc4)ccc3c3ccccc32)c1)C(C)C.[Pt]. The van der Waals surface area contributed by atoms with Crippen LogP contribution in [0.1, 0.15) is 74.8 Å². The molecule has 4 heterocycles. The summed E-state index contributed by atoms with van der Waals surface area (Å²) in [6, 6.07) is 29.2. The molecule has 0 atom stereocenters. The van der Waals surface area contributed by atoms with E-state index in [1.807, 2.05) is 76.3 Å². The molecular formula is C43H43N5OPt-2. The maximum atomic E-state index is 8.70. The van der Waals surface area contributed by atoms with E-state index < -0.39 is 6.37 Å². The van der Waals surface area contributed by atoms with Crippen molar-refractivity contribution >= 4 is 21.8 Å². The topological polar surface area (TPSA) is 48.8 Å². The average Bonchev–Trinajstić information content (AvgIpc) is 3.71. The zero-order chi connectivity index (χ0) is 36.3. The maximum absolute atomic E-state index is 8.70. The third-order valence-corrected chi connectivity index (χ3v) is 8.61. The third kappa shape index (κ3) is 7.18. The van der Waals surface area contributed by atoms with Gasteiger partial charge in [-0.15, -0.1) is 23.6 Å². The van der Waals surface area contributed by atoms with E-state index in [1.165, 1.54) is 11.1 Å². The summed E-state index contributed by atoms with van der Waals surface area (Å²) < 4.78 is 29.6. The van der Waals surface area contributed by atoms with Crippen LogP contribution in [0.25, 0.3) is 39.0 Å². The smallest absolute Gasteiger partial charge is 0.267 e. The summed E-state index contributed by atoms with van der Waals surface area (Å²) in [5.41, 5.74) is 6.59. The van der Waals surface area contributed by atoms with E-state index in [2.05, 4.69) is 94.2 Å². The van der Waals surface area contributed by atoms with Gasteiger partial charge < -0.3 is 18.9 Å². The van der Waals surface area contributed by atoms with Crippen molar-refractivity contribution in [3.63, 3.8) is 0 Å². The van der Waals surface area contributed by atoms with Gasteiger partial charge in [0.05, 0.1) is 5.69 Å². The van der Waals surface area contributed by atoms with Gasteiger partial charge in [-0.3, -0.25) is 4.57 Å². The van der Waals surface area contributed by atoms with E-state index in [9.17, 15) is 0 Å². The molecule has 6 nitrogen and oxygen atoms in total. The summed E-state index contributed by atoms with van der Waals surface area (Å²) in [6.45, 7) is 17.2. The molecule has 7 aromatic rings. The zero-order valence-electron chi connectivity index (χ0n) is 31.8. The fraction of sp³-hybridized carbons (Fsp3) is 0.279. The summed E-state index contributed by atoms with van der Waals surface area (Å²) in [5, 5.41) is 2.04. The van der Waals surface area contributed by atoms with Gasteiger partial charge in [-0.1, -0.05) is 91.4 Å². The van der Waals surface area contributed by atoms with Crippen molar-refractivity contribution in [2.24, 2.45) is 5.92 Å². The number of aromatic nitrogens is 5. The van der Waals surface area contributed by atoms with Crippen molar-refractivity contribution in [2.45, 2.75) is 72.6 Å². The molecule has 0 unspecified atom stereocenters. The first-order valence-corrected chi connectivity index (χ1v) is 16.8. The van der Waals surface area contributed by atoms with Crippen LogP contribution in [0.4, 0.5) is 0 Å². The molecule has 50 heavy (non-hydrogen) atoms. The number of hydrogen-bond donors (Lipinski definition) is 0. The largest absolute Gasteiger partial charge is 0.508 e. The Balaban J connectivity index is 0.00000464. The van der Waals surface area contributed by atoms with Crippen LogP contribution < -0.4 is 9.30 Å². The summed E-state index contributed by atoms with van der Waals surface area (Å²) >= 11 is 0. The molecule has 0 fully saturated rings. The second-order valence-corrected chi connectivity index (χ2v) is 14.9. The molecule has 0 aliphatic carbocycles. The van der Waals surface area contributed by atoms with Crippen molar-refractivity contribution < 1.29 is 33.1 Å². The number of ether oxygens (including phenoxy) is 1. The Bertz CT molecular complexity index is 2370. The predicted molar refractivity (Wildman–Crippen MR) is 196 cm³/mol. The minimum atomic E-state index is -1.51. The fourth-order valence-electron chi connectivity index (χ4n) is 6.00. The molecule has 0 N–H and O–H groups in total. The van der Waals surface area contributed by atoms with Gasteiger partial charge in [-0.05, 0) is 87.4 Å². The molecule has 258 valence electrons. The molecule has 0 bridgehead atoms. The van der Waals surface area contributed by atoms with Gasteiger partial charge in [0.25, 0.3) is 6.33 Å². The first-order valence-electron chi connectivity index (χ1n) is 17.8. The van der Waals surface area contributed by atoms with Crippen LogP contribution in [-0.2, 0) is 38.3 Å². The number of nitrogens with zero attached hydrogens (tertiary/aromatic N) is 5. The quantitative estimate of drug-likeness (QED) is 0.119. The van der Waals surface area contributed by atoms with Crippen LogP contribution >= 0.6 is 0 Å².